The molecule has 3 aromatic rings. The van der Waals surface area contributed by atoms with Gasteiger partial charge in [0.05, 0.1) is 23.9 Å². The maximum Gasteiger partial charge on any atom is 0.337 e. The fraction of sp³-hybridized carbons (Fsp3) is 0.105. The topological polar surface area (TPSA) is 68.3 Å². The number of benzene rings is 2. The quantitative estimate of drug-likeness (QED) is 0.515. The Morgan fingerprint density at radius 3 is 2.54 bits per heavy atom. The zero-order valence-electron chi connectivity index (χ0n) is 14.2. The fourth-order valence-corrected chi connectivity index (χ4v) is 3.67. The van der Waals surface area contributed by atoms with Crippen LogP contribution in [0.4, 0.5) is 5.13 Å². The molecule has 0 spiro atoms. The Morgan fingerprint density at radius 1 is 1.12 bits per heavy atom. The van der Waals surface area contributed by atoms with Crippen molar-refractivity contribution in [2.45, 2.75) is 4.90 Å². The number of rotatable bonds is 5. The molecule has 0 radical (unpaired) electrons. The number of anilines is 1. The summed E-state index contributed by atoms with van der Waals surface area (Å²) < 4.78 is 4.69. The van der Waals surface area contributed by atoms with Gasteiger partial charge in [0.2, 0.25) is 0 Å². The van der Waals surface area contributed by atoms with E-state index < -0.39 is 0 Å². The Kier molecular flexibility index (Phi) is 5.70. The molecule has 26 heavy (non-hydrogen) atoms. The predicted molar refractivity (Wildman–Crippen MR) is 105 cm³/mol. The molecule has 0 saturated carbocycles. The average Bonchev–Trinajstić information content (AvgIpc) is 3.15. The lowest BCUT2D eigenvalue weighted by Crippen LogP contribution is -2.12. The Bertz CT molecular complexity index is 936. The lowest BCUT2D eigenvalue weighted by atomic mass is 10.1. The van der Waals surface area contributed by atoms with E-state index in [9.17, 15) is 9.59 Å². The number of carbonyl (C=O) groups is 2. The van der Waals surface area contributed by atoms with Crippen molar-refractivity contribution >= 4 is 40.1 Å². The molecule has 0 atom stereocenters. The van der Waals surface area contributed by atoms with Crippen LogP contribution in [0.5, 0.6) is 0 Å². The molecule has 1 amide bonds. The van der Waals surface area contributed by atoms with Crippen molar-refractivity contribution in [1.29, 1.82) is 0 Å². The standard InChI is InChI=1S/C19H16N2O3S2/c1-24-18(23)13-9-7-12(8-10-13)15-11-26-19(20-15)21-17(22)14-5-3-4-6-16(14)25-2/h3-11H,1-2H3,(H,20,21,22). The monoisotopic (exact) mass is 384 g/mol. The summed E-state index contributed by atoms with van der Waals surface area (Å²) in [5.74, 6) is -0.563. The van der Waals surface area contributed by atoms with E-state index in [0.717, 1.165) is 16.2 Å². The van der Waals surface area contributed by atoms with Crippen LogP contribution in [-0.4, -0.2) is 30.2 Å². The molecule has 132 valence electrons. The molecule has 0 fully saturated rings. The molecular formula is C19H16N2O3S2. The summed E-state index contributed by atoms with van der Waals surface area (Å²) in [6.07, 6.45) is 1.94. The third kappa shape index (κ3) is 3.95. The first-order valence-corrected chi connectivity index (χ1v) is 9.81. The first-order valence-electron chi connectivity index (χ1n) is 7.71. The lowest BCUT2D eigenvalue weighted by molar-refractivity contribution is 0.0600. The third-order valence-corrected chi connectivity index (χ3v) is 5.23. The van der Waals surface area contributed by atoms with E-state index in [2.05, 4.69) is 15.0 Å². The van der Waals surface area contributed by atoms with Crippen molar-refractivity contribution in [3.63, 3.8) is 0 Å². The highest BCUT2D eigenvalue weighted by Gasteiger charge is 2.13. The van der Waals surface area contributed by atoms with Crippen LogP contribution in [0.3, 0.4) is 0 Å². The second-order valence-corrected chi connectivity index (χ2v) is 6.97. The van der Waals surface area contributed by atoms with E-state index in [1.807, 2.05) is 29.8 Å². The largest absolute Gasteiger partial charge is 0.465 e. The molecule has 1 heterocycles. The fourth-order valence-electron chi connectivity index (χ4n) is 2.36. The minimum atomic E-state index is -0.379. The minimum absolute atomic E-state index is 0.183. The van der Waals surface area contributed by atoms with Gasteiger partial charge in [0.25, 0.3) is 5.91 Å². The lowest BCUT2D eigenvalue weighted by Gasteiger charge is -2.06. The van der Waals surface area contributed by atoms with Gasteiger partial charge >= 0.3 is 5.97 Å². The van der Waals surface area contributed by atoms with Crippen LogP contribution in [0.25, 0.3) is 11.3 Å². The second-order valence-electron chi connectivity index (χ2n) is 5.26. The molecule has 0 unspecified atom stereocenters. The van der Waals surface area contributed by atoms with E-state index >= 15 is 0 Å². The Labute approximate surface area is 159 Å². The summed E-state index contributed by atoms with van der Waals surface area (Å²) in [6, 6.07) is 14.4. The molecule has 2 aromatic carbocycles. The zero-order chi connectivity index (χ0) is 18.5. The molecule has 5 nitrogen and oxygen atoms in total. The molecule has 3 rings (SSSR count). The molecule has 0 saturated heterocycles. The van der Waals surface area contributed by atoms with Crippen molar-refractivity contribution in [2.75, 3.05) is 18.7 Å². The van der Waals surface area contributed by atoms with Gasteiger partial charge in [0.15, 0.2) is 5.13 Å². The minimum Gasteiger partial charge on any atom is -0.465 e. The van der Waals surface area contributed by atoms with Gasteiger partial charge in [-0.3, -0.25) is 10.1 Å². The van der Waals surface area contributed by atoms with E-state index in [-0.39, 0.29) is 11.9 Å². The van der Waals surface area contributed by atoms with E-state index in [4.69, 9.17) is 0 Å². The van der Waals surface area contributed by atoms with Crippen LogP contribution in [0.2, 0.25) is 0 Å². The highest BCUT2D eigenvalue weighted by Crippen LogP contribution is 2.27. The van der Waals surface area contributed by atoms with Gasteiger partial charge in [0.1, 0.15) is 0 Å². The molecule has 1 N–H and O–H groups in total. The number of nitrogens with zero attached hydrogens (tertiary/aromatic N) is 1. The van der Waals surface area contributed by atoms with Gasteiger partial charge in [-0.25, -0.2) is 9.78 Å². The molecule has 1 aromatic heterocycles. The number of nitrogens with one attached hydrogen (secondary N) is 1. The Balaban J connectivity index is 1.75. The van der Waals surface area contributed by atoms with Gasteiger partial charge in [-0.15, -0.1) is 23.1 Å². The zero-order valence-corrected chi connectivity index (χ0v) is 15.8. The smallest absolute Gasteiger partial charge is 0.337 e. The van der Waals surface area contributed by atoms with Gasteiger partial charge in [-0.2, -0.15) is 0 Å². The van der Waals surface area contributed by atoms with Crippen LogP contribution in [0, 0.1) is 0 Å². The summed E-state index contributed by atoms with van der Waals surface area (Å²) in [6.45, 7) is 0. The number of carbonyl (C=O) groups excluding carboxylic acids is 2. The third-order valence-electron chi connectivity index (χ3n) is 3.68. The van der Waals surface area contributed by atoms with Gasteiger partial charge in [-0.05, 0) is 30.5 Å². The number of hydrogen-bond acceptors (Lipinski definition) is 6. The summed E-state index contributed by atoms with van der Waals surface area (Å²) in [5.41, 5.74) is 2.70. The number of thiazole rings is 1. The summed E-state index contributed by atoms with van der Waals surface area (Å²) >= 11 is 2.88. The maximum absolute atomic E-state index is 12.5. The number of ether oxygens (including phenoxy) is 1. The first-order chi connectivity index (χ1) is 12.6. The number of aromatic nitrogens is 1. The maximum atomic E-state index is 12.5. The first kappa shape index (κ1) is 18.2. The Morgan fingerprint density at radius 2 is 1.85 bits per heavy atom. The van der Waals surface area contributed by atoms with Crippen LogP contribution in [-0.2, 0) is 4.74 Å². The second kappa shape index (κ2) is 8.16. The highest BCUT2D eigenvalue weighted by atomic mass is 32.2. The van der Waals surface area contributed by atoms with Crippen LogP contribution >= 0.6 is 23.1 Å². The van der Waals surface area contributed by atoms with Crippen molar-refractivity contribution in [1.82, 2.24) is 4.98 Å². The van der Waals surface area contributed by atoms with Crippen molar-refractivity contribution in [3.8, 4) is 11.3 Å². The normalized spacial score (nSPS) is 10.4. The predicted octanol–water partition coefficient (Wildman–Crippen LogP) is 4.57. The molecule has 7 heteroatoms. The molecule has 0 aliphatic heterocycles. The highest BCUT2D eigenvalue weighted by molar-refractivity contribution is 7.98. The van der Waals surface area contributed by atoms with E-state index in [1.54, 1.807) is 30.3 Å². The van der Waals surface area contributed by atoms with Crippen molar-refractivity contribution < 1.29 is 14.3 Å². The average molecular weight is 384 g/mol. The summed E-state index contributed by atoms with van der Waals surface area (Å²) in [4.78, 5) is 29.3. The number of hydrogen-bond donors (Lipinski definition) is 1. The van der Waals surface area contributed by atoms with E-state index in [0.29, 0.717) is 16.3 Å². The number of thioether (sulfide) groups is 1. The van der Waals surface area contributed by atoms with Crippen molar-refractivity contribution in [3.05, 3.63) is 65.0 Å². The van der Waals surface area contributed by atoms with Crippen LogP contribution < -0.4 is 5.32 Å². The number of esters is 1. The molecule has 0 aliphatic carbocycles. The van der Waals surface area contributed by atoms with Crippen LogP contribution in [0.15, 0.2) is 58.8 Å². The van der Waals surface area contributed by atoms with Crippen molar-refractivity contribution in [2.24, 2.45) is 0 Å². The van der Waals surface area contributed by atoms with Gasteiger partial charge < -0.3 is 4.74 Å². The molecular weight excluding hydrogens is 368 g/mol. The number of methoxy groups -OCH3 is 1. The van der Waals surface area contributed by atoms with E-state index in [1.165, 1.54) is 30.2 Å². The summed E-state index contributed by atoms with van der Waals surface area (Å²) in [7, 11) is 1.35. The van der Waals surface area contributed by atoms with Gasteiger partial charge in [0, 0.05) is 15.8 Å². The van der Waals surface area contributed by atoms with Gasteiger partial charge in [-0.1, -0.05) is 24.3 Å². The van der Waals surface area contributed by atoms with Crippen LogP contribution in [0.1, 0.15) is 20.7 Å². The molecule has 0 aliphatic rings. The summed E-state index contributed by atoms with van der Waals surface area (Å²) in [5, 5.41) is 5.23. The Hall–Kier alpha value is -2.64. The SMILES string of the molecule is COC(=O)c1ccc(-c2csc(NC(=O)c3ccccc3SC)n2)cc1. The molecule has 0 bridgehead atoms. The number of amides is 1.